The molecular formula is C38H39IrN2O3S-. The number of pyridine rings is 2. The number of aliphatic hydroxyl groups is 1. The van der Waals surface area contributed by atoms with Crippen LogP contribution in [-0.2, 0) is 35.7 Å². The molecular weight excluding hydrogens is 757 g/mol. The Balaban J connectivity index is 0.000000519. The molecule has 0 bridgehead atoms. The van der Waals surface area contributed by atoms with Gasteiger partial charge in [-0.1, -0.05) is 64.6 Å². The predicted molar refractivity (Wildman–Crippen MR) is 184 cm³/mol. The third-order valence-electron chi connectivity index (χ3n) is 7.43. The van der Waals surface area contributed by atoms with Crippen molar-refractivity contribution in [2.75, 3.05) is 0 Å². The first-order valence-electron chi connectivity index (χ1n) is 14.8. The van der Waals surface area contributed by atoms with Crippen molar-refractivity contribution in [2.45, 2.75) is 73.1 Å². The van der Waals surface area contributed by atoms with Crippen molar-refractivity contribution in [2.24, 2.45) is 0 Å². The van der Waals surface area contributed by atoms with Gasteiger partial charge >= 0.3 is 0 Å². The third kappa shape index (κ3) is 7.61. The number of carbonyl (C=O) groups is 1. The summed E-state index contributed by atoms with van der Waals surface area (Å²) in [5.41, 5.74) is 9.22. The molecule has 0 spiro atoms. The molecule has 0 aliphatic heterocycles. The van der Waals surface area contributed by atoms with Gasteiger partial charge in [0.05, 0.1) is 21.6 Å². The summed E-state index contributed by atoms with van der Waals surface area (Å²) in [6.45, 7) is 18.5. The van der Waals surface area contributed by atoms with E-state index in [0.29, 0.717) is 5.71 Å². The fraction of sp³-hybridized carbons (Fsp3) is 0.289. The van der Waals surface area contributed by atoms with Crippen molar-refractivity contribution in [3.8, 4) is 21.7 Å². The number of aromatic nitrogens is 2. The second-order valence-electron chi connectivity index (χ2n) is 13.4. The molecule has 5 nitrogen and oxygen atoms in total. The summed E-state index contributed by atoms with van der Waals surface area (Å²) in [5.74, 6) is -0.0625. The molecule has 0 aliphatic rings. The number of carbonyl (C=O) groups excluding carboxylic acids is 1. The number of benzene rings is 2. The Morgan fingerprint density at radius 2 is 1.56 bits per heavy atom. The Bertz CT molecular complexity index is 2020. The topological polar surface area (TPSA) is 76.2 Å². The minimum atomic E-state index is -0.125. The fourth-order valence-electron chi connectivity index (χ4n) is 5.04. The van der Waals surface area contributed by atoms with Gasteiger partial charge in [0.25, 0.3) is 0 Å². The molecule has 0 aliphatic carbocycles. The maximum Gasteiger partial charge on any atom is 0.216 e. The largest absolute Gasteiger partial charge is 0.512 e. The van der Waals surface area contributed by atoms with Gasteiger partial charge in [-0.15, -0.1) is 29.5 Å². The van der Waals surface area contributed by atoms with Crippen molar-refractivity contribution in [1.29, 1.82) is 0 Å². The zero-order chi connectivity index (χ0) is 32.0. The van der Waals surface area contributed by atoms with Crippen LogP contribution in [0.4, 0.5) is 0 Å². The van der Waals surface area contributed by atoms with Crippen LogP contribution >= 0.6 is 11.3 Å². The number of hydrogen-bond donors (Lipinski definition) is 1. The SMILES string of the molecule is CC(=O)/C=C(/C)O.Cc1ccc2c(n1)oc1c(-c3ccc4sc(-c5cc(C(C)(C)C)cc(C(C)(C)C)c5)cc4n3)[c-]ccc12.[Ir]. The molecule has 6 rings (SSSR count). The average molecular weight is 796 g/mol. The molecule has 2 aromatic carbocycles. The third-order valence-corrected chi connectivity index (χ3v) is 8.57. The van der Waals surface area contributed by atoms with E-state index >= 15 is 0 Å². The van der Waals surface area contributed by atoms with E-state index in [-0.39, 0.29) is 42.5 Å². The molecule has 1 N–H and O–H groups in total. The van der Waals surface area contributed by atoms with Crippen LogP contribution < -0.4 is 0 Å². The molecule has 1 radical (unpaired) electrons. The number of thiophene rings is 1. The van der Waals surface area contributed by atoms with Gasteiger partial charge in [0.2, 0.25) is 5.71 Å². The molecule has 6 aromatic rings. The van der Waals surface area contributed by atoms with Crippen LogP contribution in [0.3, 0.4) is 0 Å². The molecule has 0 saturated heterocycles. The Kier molecular flexibility index (Phi) is 9.89. The van der Waals surface area contributed by atoms with Crippen LogP contribution in [0, 0.1) is 13.0 Å². The number of aryl methyl sites for hydroxylation is 1. The summed E-state index contributed by atoms with van der Waals surface area (Å²) >= 11 is 1.80. The zero-order valence-corrected chi connectivity index (χ0v) is 30.5. The van der Waals surface area contributed by atoms with Crippen LogP contribution in [0.25, 0.3) is 54.0 Å². The summed E-state index contributed by atoms with van der Waals surface area (Å²) in [5, 5.41) is 10.4. The predicted octanol–water partition coefficient (Wildman–Crippen LogP) is 10.7. The minimum absolute atomic E-state index is 0. The van der Waals surface area contributed by atoms with E-state index < -0.39 is 0 Å². The summed E-state index contributed by atoms with van der Waals surface area (Å²) in [6.07, 6.45) is 1.17. The van der Waals surface area contributed by atoms with Gasteiger partial charge in [0, 0.05) is 42.1 Å². The van der Waals surface area contributed by atoms with Crippen molar-refractivity contribution in [3.63, 3.8) is 0 Å². The average Bonchev–Trinajstić information content (AvgIpc) is 3.52. The van der Waals surface area contributed by atoms with Gasteiger partial charge in [0.1, 0.15) is 0 Å². The maximum atomic E-state index is 10.0. The first kappa shape index (κ1) is 34.2. The Morgan fingerprint density at radius 1 is 0.889 bits per heavy atom. The van der Waals surface area contributed by atoms with Gasteiger partial charge in [-0.05, 0) is 90.4 Å². The van der Waals surface area contributed by atoms with E-state index in [4.69, 9.17) is 14.5 Å². The molecule has 0 unspecified atom stereocenters. The second-order valence-corrected chi connectivity index (χ2v) is 14.5. The van der Waals surface area contributed by atoms with E-state index in [1.54, 1.807) is 11.3 Å². The Hall–Kier alpha value is -3.64. The molecule has 0 amide bonds. The van der Waals surface area contributed by atoms with Crippen LogP contribution in [0.15, 0.2) is 76.9 Å². The first-order valence-corrected chi connectivity index (χ1v) is 15.6. The molecule has 4 aromatic heterocycles. The number of allylic oxidation sites excluding steroid dienone is 2. The zero-order valence-electron chi connectivity index (χ0n) is 27.3. The molecule has 0 saturated carbocycles. The van der Waals surface area contributed by atoms with Crippen molar-refractivity contribution in [1.82, 2.24) is 9.97 Å². The summed E-state index contributed by atoms with van der Waals surface area (Å²) in [6, 6.07) is 25.0. The van der Waals surface area contributed by atoms with E-state index in [1.807, 2.05) is 25.1 Å². The van der Waals surface area contributed by atoms with E-state index in [9.17, 15) is 4.79 Å². The van der Waals surface area contributed by atoms with E-state index in [0.717, 1.165) is 38.8 Å². The summed E-state index contributed by atoms with van der Waals surface area (Å²) in [4.78, 5) is 20.9. The van der Waals surface area contributed by atoms with Crippen molar-refractivity contribution < 1.29 is 34.4 Å². The molecule has 0 fully saturated rings. The monoisotopic (exact) mass is 796 g/mol. The van der Waals surface area contributed by atoms with Crippen LogP contribution in [0.2, 0.25) is 0 Å². The molecule has 7 heteroatoms. The van der Waals surface area contributed by atoms with Crippen molar-refractivity contribution >= 4 is 49.4 Å². The quantitative estimate of drug-likeness (QED) is 0.110. The summed E-state index contributed by atoms with van der Waals surface area (Å²) < 4.78 is 7.39. The molecule has 235 valence electrons. The van der Waals surface area contributed by atoms with Gasteiger partial charge in [0.15, 0.2) is 5.78 Å². The number of aliphatic hydroxyl groups excluding tert-OH is 1. The fourth-order valence-corrected chi connectivity index (χ4v) is 6.03. The first-order chi connectivity index (χ1) is 20.6. The minimum Gasteiger partial charge on any atom is -0.512 e. The number of rotatable bonds is 3. The van der Waals surface area contributed by atoms with Crippen LogP contribution in [0.5, 0.6) is 0 Å². The molecule has 45 heavy (non-hydrogen) atoms. The van der Waals surface area contributed by atoms with Crippen LogP contribution in [-0.4, -0.2) is 20.9 Å². The summed E-state index contributed by atoms with van der Waals surface area (Å²) in [7, 11) is 0. The van der Waals surface area contributed by atoms with Crippen molar-refractivity contribution in [3.05, 3.63) is 95.4 Å². The Morgan fingerprint density at radius 3 is 2.13 bits per heavy atom. The van der Waals surface area contributed by atoms with E-state index in [2.05, 4.69) is 95.1 Å². The Labute approximate surface area is 282 Å². The van der Waals surface area contributed by atoms with E-state index in [1.165, 1.54) is 46.2 Å². The van der Waals surface area contributed by atoms with Gasteiger partial charge in [-0.2, -0.15) is 0 Å². The van der Waals surface area contributed by atoms with Gasteiger partial charge < -0.3 is 9.52 Å². The molecule has 4 heterocycles. The number of furan rings is 1. The van der Waals surface area contributed by atoms with Gasteiger partial charge in [-0.3, -0.25) is 9.78 Å². The standard InChI is InChI=1S/C33H31N2OS.C5H8O2.Ir/c1-19-11-12-24-23-9-8-10-25(30(23)36-31(24)34-19)26-13-14-28-27(35-26)18-29(37-28)20-15-21(32(2,3)4)17-22(16-20)33(5,6)7;1-4(6)3-5(2)7;/h8-9,11-18H,1-7H3;3,6H,1-2H3;/q-1;;/b;4-3-;. The number of ketones is 1. The second kappa shape index (κ2) is 13.0. The molecule has 0 atom stereocenters. The normalized spacial score (nSPS) is 12.2. The van der Waals surface area contributed by atoms with Crippen LogP contribution in [0.1, 0.15) is 72.2 Å². The van der Waals surface area contributed by atoms with Gasteiger partial charge in [-0.25, -0.2) is 4.98 Å². The smallest absolute Gasteiger partial charge is 0.216 e. The number of hydrogen-bond acceptors (Lipinski definition) is 6. The maximum absolute atomic E-state index is 10.0. The number of nitrogens with zero attached hydrogens (tertiary/aromatic N) is 2. The number of fused-ring (bicyclic) bond motifs is 4.